The van der Waals surface area contributed by atoms with Crippen LogP contribution in [0.3, 0.4) is 0 Å². The minimum atomic E-state index is -3.50. The normalized spacial score (nSPS) is 12.3. The molecule has 3 nitrogen and oxygen atoms in total. The fourth-order valence-corrected chi connectivity index (χ4v) is 3.40. The third-order valence-corrected chi connectivity index (χ3v) is 4.45. The molecule has 0 bridgehead atoms. The number of benzene rings is 2. The van der Waals surface area contributed by atoms with E-state index >= 15 is 0 Å². The number of hydrogen-bond donors (Lipinski definition) is 1. The van der Waals surface area contributed by atoms with Crippen LogP contribution in [0.25, 0.3) is 11.1 Å². The third kappa shape index (κ3) is 3.68. The van der Waals surface area contributed by atoms with E-state index in [1.165, 1.54) is 0 Å². The van der Waals surface area contributed by atoms with Crippen molar-refractivity contribution < 1.29 is 8.42 Å². The first kappa shape index (κ1) is 14.8. The van der Waals surface area contributed by atoms with Gasteiger partial charge in [-0.1, -0.05) is 42.5 Å². The van der Waals surface area contributed by atoms with Gasteiger partial charge in [-0.3, -0.25) is 0 Å². The molecule has 0 aliphatic carbocycles. The van der Waals surface area contributed by atoms with Crippen molar-refractivity contribution in [2.24, 2.45) is 0 Å². The van der Waals surface area contributed by atoms with Crippen LogP contribution in [0, 0.1) is 0 Å². The van der Waals surface area contributed by atoms with Gasteiger partial charge in [0, 0.05) is 5.54 Å². The summed E-state index contributed by atoms with van der Waals surface area (Å²) in [5, 5.41) is 0. The monoisotopic (exact) mass is 289 g/mol. The van der Waals surface area contributed by atoms with Crippen molar-refractivity contribution in [2.75, 3.05) is 0 Å². The fraction of sp³-hybridized carbons (Fsp3) is 0.250. The summed E-state index contributed by atoms with van der Waals surface area (Å²) in [6.45, 7) is 5.47. The Morgan fingerprint density at radius 2 is 1.45 bits per heavy atom. The molecule has 4 heteroatoms. The second-order valence-corrected chi connectivity index (χ2v) is 7.43. The molecule has 2 rings (SSSR count). The maximum absolute atomic E-state index is 12.3. The van der Waals surface area contributed by atoms with Crippen LogP contribution >= 0.6 is 0 Å². The van der Waals surface area contributed by atoms with Gasteiger partial charge in [-0.05, 0) is 44.0 Å². The molecule has 20 heavy (non-hydrogen) atoms. The Morgan fingerprint density at radius 3 is 2.05 bits per heavy atom. The van der Waals surface area contributed by atoms with E-state index in [9.17, 15) is 8.42 Å². The molecule has 0 spiro atoms. The van der Waals surface area contributed by atoms with Gasteiger partial charge >= 0.3 is 0 Å². The molecule has 1 N–H and O–H groups in total. The van der Waals surface area contributed by atoms with Crippen LogP contribution < -0.4 is 4.72 Å². The highest BCUT2D eigenvalue weighted by Gasteiger charge is 2.22. The predicted molar refractivity (Wildman–Crippen MR) is 82.0 cm³/mol. The summed E-state index contributed by atoms with van der Waals surface area (Å²) in [7, 11) is -3.50. The van der Waals surface area contributed by atoms with Crippen LogP contribution in [0.2, 0.25) is 0 Å². The molecular weight excluding hydrogens is 270 g/mol. The molecule has 0 aliphatic rings. The van der Waals surface area contributed by atoms with E-state index in [0.717, 1.165) is 11.1 Å². The molecule has 106 valence electrons. The highest BCUT2D eigenvalue weighted by atomic mass is 32.2. The molecule has 0 aromatic heterocycles. The molecule has 0 saturated carbocycles. The van der Waals surface area contributed by atoms with E-state index in [2.05, 4.69) is 4.72 Å². The van der Waals surface area contributed by atoms with Gasteiger partial charge in [0.2, 0.25) is 10.0 Å². The lowest BCUT2D eigenvalue weighted by molar-refractivity contribution is 0.491. The van der Waals surface area contributed by atoms with Crippen molar-refractivity contribution in [2.45, 2.75) is 31.2 Å². The van der Waals surface area contributed by atoms with E-state index in [1.807, 2.05) is 57.2 Å². The molecule has 0 fully saturated rings. The standard InChI is InChI=1S/C16H19NO2S/c1-16(2,3)17-20(18,19)15-11-7-10-14(12-15)13-8-5-4-6-9-13/h4-12,17H,1-3H3. The number of nitrogens with one attached hydrogen (secondary N) is 1. The van der Waals surface area contributed by atoms with Crippen molar-refractivity contribution in [3.8, 4) is 11.1 Å². The Labute approximate surface area is 120 Å². The molecular formula is C16H19NO2S. The second-order valence-electron chi connectivity index (χ2n) is 5.75. The largest absolute Gasteiger partial charge is 0.241 e. The van der Waals surface area contributed by atoms with Gasteiger partial charge in [0.25, 0.3) is 0 Å². The maximum Gasteiger partial charge on any atom is 0.241 e. The van der Waals surface area contributed by atoms with E-state index < -0.39 is 15.6 Å². The zero-order valence-electron chi connectivity index (χ0n) is 11.9. The van der Waals surface area contributed by atoms with Crippen LogP contribution in [0.5, 0.6) is 0 Å². The van der Waals surface area contributed by atoms with E-state index in [4.69, 9.17) is 0 Å². The number of rotatable bonds is 3. The summed E-state index contributed by atoms with van der Waals surface area (Å²) in [5.74, 6) is 0. The summed E-state index contributed by atoms with van der Waals surface area (Å²) in [5.41, 5.74) is 1.39. The van der Waals surface area contributed by atoms with Crippen LogP contribution in [0.15, 0.2) is 59.5 Å². The second kappa shape index (κ2) is 5.38. The van der Waals surface area contributed by atoms with E-state index in [0.29, 0.717) is 0 Å². The summed E-state index contributed by atoms with van der Waals surface area (Å²) in [6, 6.07) is 16.7. The Morgan fingerprint density at radius 1 is 0.850 bits per heavy atom. The Bertz CT molecular complexity index is 686. The topological polar surface area (TPSA) is 46.2 Å². The average molecular weight is 289 g/mol. The van der Waals surface area contributed by atoms with Gasteiger partial charge in [-0.25, -0.2) is 13.1 Å². The molecule has 0 amide bonds. The molecule has 0 saturated heterocycles. The van der Waals surface area contributed by atoms with Crippen molar-refractivity contribution in [1.29, 1.82) is 0 Å². The molecule has 0 aliphatic heterocycles. The minimum Gasteiger partial charge on any atom is -0.207 e. The third-order valence-electron chi connectivity index (χ3n) is 2.69. The lowest BCUT2D eigenvalue weighted by Crippen LogP contribution is -2.40. The molecule has 0 unspecified atom stereocenters. The molecule has 0 radical (unpaired) electrons. The van der Waals surface area contributed by atoms with Crippen molar-refractivity contribution in [3.63, 3.8) is 0 Å². The lowest BCUT2D eigenvalue weighted by Gasteiger charge is -2.20. The van der Waals surface area contributed by atoms with Gasteiger partial charge in [-0.2, -0.15) is 0 Å². The zero-order chi connectivity index (χ0) is 14.8. The van der Waals surface area contributed by atoms with Crippen LogP contribution in [0.1, 0.15) is 20.8 Å². The molecule has 0 atom stereocenters. The van der Waals surface area contributed by atoms with Gasteiger partial charge in [0.1, 0.15) is 0 Å². The van der Waals surface area contributed by atoms with Crippen molar-refractivity contribution >= 4 is 10.0 Å². The van der Waals surface area contributed by atoms with E-state index in [1.54, 1.807) is 18.2 Å². The van der Waals surface area contributed by atoms with Gasteiger partial charge in [0.05, 0.1) is 4.90 Å². The predicted octanol–water partition coefficient (Wildman–Crippen LogP) is 3.43. The minimum absolute atomic E-state index is 0.286. The van der Waals surface area contributed by atoms with E-state index in [-0.39, 0.29) is 4.90 Å². The molecule has 2 aromatic carbocycles. The first-order valence-corrected chi connectivity index (χ1v) is 7.96. The smallest absolute Gasteiger partial charge is 0.207 e. The van der Waals surface area contributed by atoms with Crippen molar-refractivity contribution in [3.05, 3.63) is 54.6 Å². The summed E-state index contributed by atoms with van der Waals surface area (Å²) in [6.07, 6.45) is 0. The Balaban J connectivity index is 2.41. The quantitative estimate of drug-likeness (QED) is 0.941. The van der Waals surface area contributed by atoms with Crippen LogP contribution in [0.4, 0.5) is 0 Å². The summed E-state index contributed by atoms with van der Waals surface area (Å²) in [4.78, 5) is 0.286. The first-order valence-electron chi connectivity index (χ1n) is 6.47. The SMILES string of the molecule is CC(C)(C)NS(=O)(=O)c1cccc(-c2ccccc2)c1. The highest BCUT2D eigenvalue weighted by Crippen LogP contribution is 2.22. The average Bonchev–Trinajstić information content (AvgIpc) is 2.37. The van der Waals surface area contributed by atoms with Crippen LogP contribution in [-0.2, 0) is 10.0 Å². The van der Waals surface area contributed by atoms with Crippen LogP contribution in [-0.4, -0.2) is 14.0 Å². The Hall–Kier alpha value is -1.65. The molecule has 0 heterocycles. The van der Waals surface area contributed by atoms with Gasteiger partial charge in [-0.15, -0.1) is 0 Å². The Kier molecular flexibility index (Phi) is 3.97. The summed E-state index contributed by atoms with van der Waals surface area (Å²) >= 11 is 0. The number of sulfonamides is 1. The fourth-order valence-electron chi connectivity index (χ4n) is 1.94. The molecule has 2 aromatic rings. The maximum atomic E-state index is 12.3. The number of hydrogen-bond acceptors (Lipinski definition) is 2. The van der Waals surface area contributed by atoms with Gasteiger partial charge < -0.3 is 0 Å². The van der Waals surface area contributed by atoms with Gasteiger partial charge in [0.15, 0.2) is 0 Å². The lowest BCUT2D eigenvalue weighted by atomic mass is 10.1. The highest BCUT2D eigenvalue weighted by molar-refractivity contribution is 7.89. The zero-order valence-corrected chi connectivity index (χ0v) is 12.7. The first-order chi connectivity index (χ1) is 9.28. The summed E-state index contributed by atoms with van der Waals surface area (Å²) < 4.78 is 27.3. The van der Waals surface area contributed by atoms with Crippen molar-refractivity contribution in [1.82, 2.24) is 4.72 Å².